The number of sulfonamides is 1. The first-order chi connectivity index (χ1) is 13.3. The lowest BCUT2D eigenvalue weighted by Gasteiger charge is -2.23. The van der Waals surface area contributed by atoms with Gasteiger partial charge in [0.05, 0.1) is 17.5 Å². The maximum Gasteiger partial charge on any atom is 0.243 e. The lowest BCUT2D eigenvalue weighted by Crippen LogP contribution is -2.39. The smallest absolute Gasteiger partial charge is 0.243 e. The van der Waals surface area contributed by atoms with Gasteiger partial charge in [-0.25, -0.2) is 8.42 Å². The lowest BCUT2D eigenvalue weighted by molar-refractivity contribution is -0.119. The number of rotatable bonds is 7. The summed E-state index contributed by atoms with van der Waals surface area (Å²) in [5, 5.41) is 12.3. The van der Waals surface area contributed by atoms with Crippen LogP contribution in [0.4, 0.5) is 5.69 Å². The number of hydrogen-bond donors (Lipinski definition) is 2. The highest BCUT2D eigenvalue weighted by molar-refractivity contribution is 7.89. The van der Waals surface area contributed by atoms with E-state index in [1.807, 2.05) is 0 Å². The van der Waals surface area contributed by atoms with Crippen molar-refractivity contribution >= 4 is 27.5 Å². The Kier molecular flexibility index (Phi) is 5.87. The second-order valence-corrected chi connectivity index (χ2v) is 9.11. The average molecular weight is 407 g/mol. The number of amides is 2. The second-order valence-electron chi connectivity index (χ2n) is 7.22. The van der Waals surface area contributed by atoms with Crippen LogP contribution in [0.15, 0.2) is 41.8 Å². The van der Waals surface area contributed by atoms with Crippen LogP contribution in [0.25, 0.3) is 0 Å². The zero-order valence-electron chi connectivity index (χ0n) is 15.7. The van der Waals surface area contributed by atoms with Crippen LogP contribution in [0.3, 0.4) is 0 Å². The first kappa shape index (κ1) is 20.5. The number of nitrogens with zero attached hydrogens (tertiary/aromatic N) is 2. The number of anilines is 1. The Hall–Kier alpha value is -2.23. The molecular formula is C19H25N3O5S. The Labute approximate surface area is 164 Å². The van der Waals surface area contributed by atoms with E-state index in [-0.39, 0.29) is 41.8 Å². The van der Waals surface area contributed by atoms with Gasteiger partial charge < -0.3 is 15.3 Å². The van der Waals surface area contributed by atoms with Crippen LogP contribution in [-0.2, 0) is 19.6 Å². The third-order valence-corrected chi connectivity index (χ3v) is 7.13. The molecule has 9 heteroatoms. The molecule has 0 spiro atoms. The normalized spacial score (nSPS) is 22.6. The molecule has 0 bridgehead atoms. The van der Waals surface area contributed by atoms with Gasteiger partial charge in [0.25, 0.3) is 0 Å². The van der Waals surface area contributed by atoms with E-state index in [1.54, 1.807) is 24.1 Å². The van der Waals surface area contributed by atoms with E-state index < -0.39 is 16.1 Å². The van der Waals surface area contributed by atoms with Crippen LogP contribution in [-0.4, -0.2) is 61.9 Å². The molecule has 1 aromatic carbocycles. The Bertz CT molecular complexity index is 864. The van der Waals surface area contributed by atoms with E-state index in [0.29, 0.717) is 12.1 Å². The Morgan fingerprint density at radius 3 is 2.50 bits per heavy atom. The Morgan fingerprint density at radius 2 is 1.96 bits per heavy atom. The van der Waals surface area contributed by atoms with Crippen LogP contribution >= 0.6 is 0 Å². The molecule has 8 nitrogen and oxygen atoms in total. The summed E-state index contributed by atoms with van der Waals surface area (Å²) in [6, 6.07) is 5.14. The number of aliphatic hydroxyl groups is 1. The van der Waals surface area contributed by atoms with Crippen molar-refractivity contribution in [2.75, 3.05) is 25.1 Å². The monoisotopic (exact) mass is 407 g/mol. The summed E-state index contributed by atoms with van der Waals surface area (Å²) in [6.07, 6.45) is 3.25. The fraction of sp³-hybridized carbons (Fsp3) is 0.474. The fourth-order valence-electron chi connectivity index (χ4n) is 3.42. The van der Waals surface area contributed by atoms with Crippen molar-refractivity contribution in [1.29, 1.82) is 0 Å². The summed E-state index contributed by atoms with van der Waals surface area (Å²) < 4.78 is 27.3. The van der Waals surface area contributed by atoms with Gasteiger partial charge in [-0.2, -0.15) is 4.31 Å². The molecule has 2 N–H and O–H groups in total. The minimum absolute atomic E-state index is 0.0382. The van der Waals surface area contributed by atoms with Crippen molar-refractivity contribution in [2.24, 2.45) is 5.92 Å². The van der Waals surface area contributed by atoms with E-state index in [0.717, 1.165) is 18.9 Å². The predicted molar refractivity (Wildman–Crippen MR) is 104 cm³/mol. The largest absolute Gasteiger partial charge is 0.395 e. The van der Waals surface area contributed by atoms with Gasteiger partial charge in [-0.1, -0.05) is 6.58 Å². The molecule has 2 fully saturated rings. The molecular weight excluding hydrogens is 382 g/mol. The highest BCUT2D eigenvalue weighted by atomic mass is 32.2. The van der Waals surface area contributed by atoms with Crippen LogP contribution in [0.5, 0.6) is 0 Å². The molecule has 1 saturated heterocycles. The average Bonchev–Trinajstić information content (AvgIpc) is 3.46. The summed E-state index contributed by atoms with van der Waals surface area (Å²) in [5.41, 5.74) is 0.632. The van der Waals surface area contributed by atoms with Crippen molar-refractivity contribution in [2.45, 2.75) is 36.2 Å². The SMILES string of the molecule is C=CC(=O)NC1CC(CO)N(S(=O)(=O)c2ccc(N(C)C(=O)C3CC3)cc2)C1. The molecule has 0 radical (unpaired) electrons. The van der Waals surface area contributed by atoms with E-state index in [9.17, 15) is 23.1 Å². The number of benzene rings is 1. The third kappa shape index (κ3) is 4.11. The van der Waals surface area contributed by atoms with Gasteiger partial charge in [-0.3, -0.25) is 9.59 Å². The number of carbonyl (C=O) groups excluding carboxylic acids is 2. The predicted octanol–water partition coefficient (Wildman–Crippen LogP) is 0.486. The summed E-state index contributed by atoms with van der Waals surface area (Å²) >= 11 is 0. The highest BCUT2D eigenvalue weighted by Crippen LogP contribution is 2.33. The summed E-state index contributed by atoms with van der Waals surface area (Å²) in [7, 11) is -2.17. The third-order valence-electron chi connectivity index (χ3n) is 5.19. The van der Waals surface area contributed by atoms with Gasteiger partial charge in [0, 0.05) is 31.2 Å². The minimum atomic E-state index is -3.85. The van der Waals surface area contributed by atoms with Crippen molar-refractivity contribution in [3.05, 3.63) is 36.9 Å². The van der Waals surface area contributed by atoms with Gasteiger partial charge >= 0.3 is 0 Å². The minimum Gasteiger partial charge on any atom is -0.395 e. The van der Waals surface area contributed by atoms with Crippen molar-refractivity contribution in [1.82, 2.24) is 9.62 Å². The molecule has 2 atom stereocenters. The topological polar surface area (TPSA) is 107 Å². The molecule has 1 aliphatic carbocycles. The number of carbonyl (C=O) groups is 2. The van der Waals surface area contributed by atoms with Crippen LogP contribution in [0, 0.1) is 5.92 Å². The highest BCUT2D eigenvalue weighted by Gasteiger charge is 2.40. The molecule has 1 aliphatic heterocycles. The van der Waals surface area contributed by atoms with Gasteiger partial charge in [0.2, 0.25) is 21.8 Å². The van der Waals surface area contributed by atoms with E-state index >= 15 is 0 Å². The summed E-state index contributed by atoms with van der Waals surface area (Å²) in [5.74, 6) is -0.268. The maximum absolute atomic E-state index is 13.0. The molecule has 2 unspecified atom stereocenters. The van der Waals surface area contributed by atoms with Crippen LogP contribution < -0.4 is 10.2 Å². The molecule has 3 rings (SSSR count). The first-order valence-electron chi connectivity index (χ1n) is 9.21. The number of aliphatic hydroxyl groups excluding tert-OH is 1. The van der Waals surface area contributed by atoms with Gasteiger partial charge in [-0.05, 0) is 49.6 Å². The zero-order chi connectivity index (χ0) is 20.5. The lowest BCUT2D eigenvalue weighted by atomic mass is 10.2. The van der Waals surface area contributed by atoms with Crippen molar-refractivity contribution in [3.63, 3.8) is 0 Å². The molecule has 1 aromatic rings. The van der Waals surface area contributed by atoms with Crippen LogP contribution in [0.2, 0.25) is 0 Å². The molecule has 1 saturated carbocycles. The number of nitrogens with one attached hydrogen (secondary N) is 1. The fourth-order valence-corrected chi connectivity index (χ4v) is 5.09. The second kappa shape index (κ2) is 8.02. The number of hydrogen-bond acceptors (Lipinski definition) is 5. The van der Waals surface area contributed by atoms with E-state index in [1.165, 1.54) is 16.4 Å². The van der Waals surface area contributed by atoms with Crippen molar-refractivity contribution < 1.29 is 23.1 Å². The van der Waals surface area contributed by atoms with E-state index in [4.69, 9.17) is 0 Å². The molecule has 152 valence electrons. The van der Waals surface area contributed by atoms with Crippen molar-refractivity contribution in [3.8, 4) is 0 Å². The maximum atomic E-state index is 13.0. The molecule has 2 amide bonds. The zero-order valence-corrected chi connectivity index (χ0v) is 16.6. The molecule has 28 heavy (non-hydrogen) atoms. The summed E-state index contributed by atoms with van der Waals surface area (Å²) in [4.78, 5) is 25.3. The van der Waals surface area contributed by atoms with E-state index in [2.05, 4.69) is 11.9 Å². The molecule has 1 heterocycles. The van der Waals surface area contributed by atoms with Crippen LogP contribution in [0.1, 0.15) is 19.3 Å². The van der Waals surface area contributed by atoms with Gasteiger partial charge in [-0.15, -0.1) is 0 Å². The standard InChI is InChI=1S/C19H25N3O5S/c1-3-18(24)20-14-10-16(12-23)22(11-14)28(26,27)17-8-6-15(7-9-17)21(2)19(25)13-4-5-13/h3,6-9,13-14,16,23H,1,4-5,10-12H2,2H3,(H,20,24). The van der Waals surface area contributed by atoms with Gasteiger partial charge in [0.15, 0.2) is 0 Å². The molecule has 2 aliphatic rings. The summed E-state index contributed by atoms with van der Waals surface area (Å²) in [6.45, 7) is 3.13. The van der Waals surface area contributed by atoms with Gasteiger partial charge in [0.1, 0.15) is 0 Å². The Morgan fingerprint density at radius 1 is 1.32 bits per heavy atom. The molecule has 0 aromatic heterocycles. The quantitative estimate of drug-likeness (QED) is 0.640. The Balaban J connectivity index is 1.76. The first-order valence-corrected chi connectivity index (χ1v) is 10.6.